The molecule has 0 aromatic heterocycles. The number of ether oxygens (including phenoxy) is 8. The Hall–Kier alpha value is -8.66. The third-order valence-electron chi connectivity index (χ3n) is 17.4. The molecule has 0 atom stereocenters. The zero-order valence-corrected chi connectivity index (χ0v) is 66.8. The second-order valence-electron chi connectivity index (χ2n) is 25.1. The summed E-state index contributed by atoms with van der Waals surface area (Å²) in [5, 5.41) is 20.3. The summed E-state index contributed by atoms with van der Waals surface area (Å²) in [6.07, 6.45) is 2.42. The van der Waals surface area contributed by atoms with E-state index in [2.05, 4.69) is 37.2 Å². The van der Waals surface area contributed by atoms with Crippen molar-refractivity contribution in [3.8, 4) is 0 Å². The number of rotatable bonds is 65. The molecule has 0 radical (unpaired) electrons. The Morgan fingerprint density at radius 2 is 0.391 bits per heavy atom. The van der Waals surface area contributed by atoms with E-state index in [1.165, 1.54) is 68.6 Å². The van der Waals surface area contributed by atoms with Gasteiger partial charge in [0, 0.05) is 232 Å². The van der Waals surface area contributed by atoms with Gasteiger partial charge >= 0.3 is 47.8 Å². The average Bonchev–Trinajstić information content (AvgIpc) is 0.888. The van der Waals surface area contributed by atoms with E-state index in [0.717, 1.165) is 4.90 Å². The molecule has 624 valence electrons. The zero-order valence-electron chi connectivity index (χ0n) is 65.9. The van der Waals surface area contributed by atoms with Crippen molar-refractivity contribution in [2.75, 3.05) is 246 Å². The number of amides is 7. The van der Waals surface area contributed by atoms with Crippen molar-refractivity contribution in [1.29, 1.82) is 0 Å². The van der Waals surface area contributed by atoms with E-state index in [9.17, 15) is 71.9 Å². The summed E-state index contributed by atoms with van der Waals surface area (Å²) < 4.78 is 38.1. The molecule has 7 N–H and O–H groups in total. The van der Waals surface area contributed by atoms with Crippen LogP contribution in [0.1, 0.15) is 100 Å². The van der Waals surface area contributed by atoms with Crippen LogP contribution in [0.5, 0.6) is 0 Å². The van der Waals surface area contributed by atoms with Crippen LogP contribution in [-0.2, 0) is 105 Å². The summed E-state index contributed by atoms with van der Waals surface area (Å²) in [5.74, 6) is -5.75. The molecule has 0 fully saturated rings. The van der Waals surface area contributed by atoms with Crippen molar-refractivity contribution < 1.29 is 110 Å². The molecule has 0 saturated heterocycles. The van der Waals surface area contributed by atoms with Gasteiger partial charge in [0.2, 0.25) is 35.4 Å². The van der Waals surface area contributed by atoms with Crippen molar-refractivity contribution in [3.05, 3.63) is 29.8 Å². The van der Waals surface area contributed by atoms with E-state index in [0.29, 0.717) is 31.7 Å². The van der Waals surface area contributed by atoms with E-state index in [1.54, 1.807) is 12.1 Å². The van der Waals surface area contributed by atoms with Gasteiger partial charge in [-0.2, -0.15) is 0 Å². The molecular weight excluding hydrogens is 1460 g/mol. The van der Waals surface area contributed by atoms with Crippen LogP contribution in [0.3, 0.4) is 0 Å². The maximum atomic E-state index is 13.7. The van der Waals surface area contributed by atoms with Crippen molar-refractivity contribution in [2.24, 2.45) is 0 Å². The minimum Gasteiger partial charge on any atom is -0.469 e. The molecule has 0 aliphatic carbocycles. The van der Waals surface area contributed by atoms with Gasteiger partial charge in [-0.3, -0.25) is 71.9 Å². The highest BCUT2D eigenvalue weighted by Gasteiger charge is 2.21. The van der Waals surface area contributed by atoms with Crippen molar-refractivity contribution >= 4 is 101 Å². The molecule has 0 spiro atoms. The van der Waals surface area contributed by atoms with E-state index in [1.807, 2.05) is 52.7 Å². The Morgan fingerprint density at radius 3 is 0.545 bits per heavy atom. The molecule has 0 saturated carbocycles. The molecular formula is C72H122N14O23S. The lowest BCUT2D eigenvalue weighted by Gasteiger charge is -2.24. The number of methoxy groups -OCH3 is 8. The number of hydrogen-bond donors (Lipinski definition) is 7. The van der Waals surface area contributed by atoms with Gasteiger partial charge in [-0.05, 0) is 30.5 Å². The van der Waals surface area contributed by atoms with Crippen LogP contribution in [0, 0.1) is 0 Å². The standard InChI is InChI=1S/C72H122N14O23S/c1-102-64(93)20-41-83(42-21-65(94)103-2)51-30-75-58(87)14-35-80(36-15-59(88)76-31-52-84(43-22-66(95)104-3)44-23-67(96)105-4)49-28-73-62(91)18-39-82(55-34-79-72(101)56-10-12-57(110-9)13-11-56)40-19-63(92)74-29-50-81(37-16-60(89)77-32-53-85(45-24-68(97)106-5)46-25-69(98)107-6)38-17-61(90)78-33-54-86(47-26-70(99)108-7)48-27-71(100)109-8/h10-13H,14-55H2,1-9H3,(H,73,91)(H,74,92)(H,75,87)(H,76,88)(H,77,89)(H,78,90)(H,79,101). The maximum Gasteiger partial charge on any atom is 0.306 e. The predicted molar refractivity (Wildman–Crippen MR) is 404 cm³/mol. The summed E-state index contributed by atoms with van der Waals surface area (Å²) in [4.78, 5) is 203. The van der Waals surface area contributed by atoms with Crippen LogP contribution in [0.25, 0.3) is 0 Å². The molecule has 0 heterocycles. The molecule has 1 aromatic carbocycles. The molecule has 38 heteroatoms. The highest BCUT2D eigenvalue weighted by Crippen LogP contribution is 2.15. The van der Waals surface area contributed by atoms with Crippen LogP contribution in [0.4, 0.5) is 0 Å². The number of hydrogen-bond acceptors (Lipinski definition) is 31. The van der Waals surface area contributed by atoms with Gasteiger partial charge in [-0.1, -0.05) is 0 Å². The number of carbonyl (C=O) groups excluding carboxylic acids is 15. The second-order valence-corrected chi connectivity index (χ2v) is 26.0. The largest absolute Gasteiger partial charge is 0.469 e. The van der Waals surface area contributed by atoms with Gasteiger partial charge in [0.25, 0.3) is 5.91 Å². The summed E-state index contributed by atoms with van der Waals surface area (Å²) in [6, 6.07) is 7.10. The zero-order chi connectivity index (χ0) is 81.7. The number of carbonyl (C=O) groups is 15. The normalized spacial score (nSPS) is 11.1. The van der Waals surface area contributed by atoms with Crippen LogP contribution in [0.15, 0.2) is 29.2 Å². The summed E-state index contributed by atoms with van der Waals surface area (Å²) in [7, 11) is 10.2. The SMILES string of the molecule is COC(=O)CCN(CCNC(=O)CCN(CCNC(=O)CCN(CCNC(=O)c1ccc(SC)cc1)CCC(=O)NCCN(CCC(=O)NCCN(CCC(=O)OC)CCC(=O)OC)CCC(=O)NCCN(CCC(=O)OC)CCC(=O)OC)CCC(=O)NCCN(CCC(=O)OC)CCC(=O)OC)CCC(=O)OC. The maximum absolute atomic E-state index is 13.7. The smallest absolute Gasteiger partial charge is 0.306 e. The number of nitrogens with one attached hydrogen (secondary N) is 7. The van der Waals surface area contributed by atoms with Gasteiger partial charge in [0.05, 0.1) is 108 Å². The van der Waals surface area contributed by atoms with Crippen LogP contribution in [0.2, 0.25) is 0 Å². The molecule has 110 heavy (non-hydrogen) atoms. The molecule has 0 aliphatic rings. The lowest BCUT2D eigenvalue weighted by atomic mass is 10.2. The second kappa shape index (κ2) is 63.0. The van der Waals surface area contributed by atoms with Crippen LogP contribution < -0.4 is 37.2 Å². The Bertz CT molecular complexity index is 2570. The third kappa shape index (κ3) is 52.4. The van der Waals surface area contributed by atoms with Crippen LogP contribution in [-0.4, -0.2) is 370 Å². The van der Waals surface area contributed by atoms with E-state index < -0.39 is 47.8 Å². The average molecular weight is 1580 g/mol. The summed E-state index contributed by atoms with van der Waals surface area (Å²) in [6.45, 7) is 6.33. The fraction of sp³-hybridized carbons (Fsp3) is 0.708. The first-order valence-electron chi connectivity index (χ1n) is 37.0. The molecule has 1 aromatic rings. The fourth-order valence-electron chi connectivity index (χ4n) is 10.5. The Labute approximate surface area is 650 Å². The minimum absolute atomic E-state index is 0.00545. The fourth-order valence-corrected chi connectivity index (χ4v) is 10.9. The Kier molecular flexibility index (Phi) is 56.9. The number of benzene rings is 1. The third-order valence-corrected chi connectivity index (χ3v) is 18.1. The first-order chi connectivity index (χ1) is 52.8. The van der Waals surface area contributed by atoms with Crippen molar-refractivity contribution in [1.82, 2.24) is 71.5 Å². The van der Waals surface area contributed by atoms with E-state index >= 15 is 0 Å². The highest BCUT2D eigenvalue weighted by molar-refractivity contribution is 7.98. The number of nitrogens with zero attached hydrogens (tertiary/aromatic N) is 7. The van der Waals surface area contributed by atoms with Gasteiger partial charge in [0.15, 0.2) is 0 Å². The monoisotopic (exact) mass is 1580 g/mol. The van der Waals surface area contributed by atoms with E-state index in [4.69, 9.17) is 37.9 Å². The highest BCUT2D eigenvalue weighted by atomic mass is 32.2. The number of esters is 8. The molecule has 0 unspecified atom stereocenters. The predicted octanol–water partition coefficient (Wildman–Crippen LogP) is -2.21. The quantitative estimate of drug-likeness (QED) is 0.0207. The summed E-state index contributed by atoms with van der Waals surface area (Å²) in [5.41, 5.74) is 0.446. The first-order valence-corrected chi connectivity index (χ1v) is 38.2. The molecule has 0 aliphatic heterocycles. The Balaban J connectivity index is 3.31. The molecule has 37 nitrogen and oxygen atoms in total. The molecule has 7 amide bonds. The van der Waals surface area contributed by atoms with Gasteiger partial charge < -0.3 is 109 Å². The summed E-state index contributed by atoms with van der Waals surface area (Å²) >= 11 is 1.53. The molecule has 1 rings (SSSR count). The lowest BCUT2D eigenvalue weighted by Crippen LogP contribution is -2.42. The van der Waals surface area contributed by atoms with E-state index in [-0.39, 0.29) is 288 Å². The van der Waals surface area contributed by atoms with Gasteiger partial charge in [-0.15, -0.1) is 11.8 Å². The topological polar surface area (TPSA) is 437 Å². The lowest BCUT2D eigenvalue weighted by molar-refractivity contribution is -0.142. The minimum atomic E-state index is -0.436. The van der Waals surface area contributed by atoms with Gasteiger partial charge in [-0.25, -0.2) is 0 Å². The first kappa shape index (κ1) is 99.3. The van der Waals surface area contributed by atoms with Crippen LogP contribution >= 0.6 is 11.8 Å². The van der Waals surface area contributed by atoms with Gasteiger partial charge in [0.1, 0.15) is 0 Å². The van der Waals surface area contributed by atoms with Crippen molar-refractivity contribution in [2.45, 2.75) is 94.8 Å². The molecule has 0 bridgehead atoms. The van der Waals surface area contributed by atoms with Crippen molar-refractivity contribution in [3.63, 3.8) is 0 Å². The Morgan fingerprint density at radius 1 is 0.236 bits per heavy atom. The number of thioether (sulfide) groups is 1.